The van der Waals surface area contributed by atoms with Crippen LogP contribution >= 0.6 is 0 Å². The summed E-state index contributed by atoms with van der Waals surface area (Å²) >= 11 is 0. The van der Waals surface area contributed by atoms with Gasteiger partial charge in [-0.05, 0) is 23.4 Å². The van der Waals surface area contributed by atoms with Crippen molar-refractivity contribution in [3.8, 4) is 0 Å². The first-order chi connectivity index (χ1) is 6.19. The minimum atomic E-state index is -0.664. The third-order valence-corrected chi connectivity index (χ3v) is 1.54. The number of primary amides is 1. The average molecular weight is 178 g/mol. The molecule has 0 aliphatic heterocycles. The minimum absolute atomic E-state index is 0.0775. The van der Waals surface area contributed by atoms with Crippen molar-refractivity contribution in [2.45, 2.75) is 0 Å². The Kier molecular flexibility index (Phi) is 2.49. The van der Waals surface area contributed by atoms with Crippen LogP contribution in [0.25, 0.3) is 0 Å². The van der Waals surface area contributed by atoms with E-state index in [2.05, 4.69) is 5.18 Å². The number of aldehydes is 1. The summed E-state index contributed by atoms with van der Waals surface area (Å²) in [5, 5.41) is 2.60. The van der Waals surface area contributed by atoms with Crippen LogP contribution in [0.4, 0.5) is 5.69 Å². The van der Waals surface area contributed by atoms with Crippen molar-refractivity contribution in [2.75, 3.05) is 0 Å². The smallest absolute Gasteiger partial charge is 0.248 e. The van der Waals surface area contributed by atoms with Crippen LogP contribution in [0, 0.1) is 4.91 Å². The van der Waals surface area contributed by atoms with Gasteiger partial charge in [-0.3, -0.25) is 9.59 Å². The number of rotatable bonds is 3. The van der Waals surface area contributed by atoms with Crippen LogP contribution in [0.5, 0.6) is 0 Å². The second-order valence-corrected chi connectivity index (χ2v) is 2.35. The number of carbonyl (C=O) groups is 2. The highest BCUT2D eigenvalue weighted by atomic mass is 16.3. The number of hydrogen-bond acceptors (Lipinski definition) is 4. The predicted molar refractivity (Wildman–Crippen MR) is 45.8 cm³/mol. The lowest BCUT2D eigenvalue weighted by Crippen LogP contribution is -2.10. The van der Waals surface area contributed by atoms with Crippen molar-refractivity contribution in [1.29, 1.82) is 0 Å². The SMILES string of the molecule is NC(=O)c1ccc(C=O)c(N=O)c1. The van der Waals surface area contributed by atoms with Crippen molar-refractivity contribution in [1.82, 2.24) is 0 Å². The zero-order chi connectivity index (χ0) is 9.84. The van der Waals surface area contributed by atoms with Crippen molar-refractivity contribution in [3.63, 3.8) is 0 Å². The van der Waals surface area contributed by atoms with Gasteiger partial charge in [0, 0.05) is 11.1 Å². The fourth-order valence-corrected chi connectivity index (χ4v) is 0.876. The maximum atomic E-state index is 10.7. The number of nitrogens with zero attached hydrogens (tertiary/aromatic N) is 1. The molecule has 0 fully saturated rings. The summed E-state index contributed by atoms with van der Waals surface area (Å²) in [5.41, 5.74) is 5.17. The van der Waals surface area contributed by atoms with Crippen LogP contribution in [-0.4, -0.2) is 12.2 Å². The molecule has 0 unspecified atom stereocenters. The number of hydrogen-bond donors (Lipinski definition) is 1. The molecule has 0 aliphatic carbocycles. The normalized spacial score (nSPS) is 9.23. The topological polar surface area (TPSA) is 89.6 Å². The quantitative estimate of drug-likeness (QED) is 0.552. The third-order valence-electron chi connectivity index (χ3n) is 1.54. The molecule has 13 heavy (non-hydrogen) atoms. The molecule has 0 heterocycles. The summed E-state index contributed by atoms with van der Waals surface area (Å²) < 4.78 is 0. The van der Waals surface area contributed by atoms with Gasteiger partial charge in [-0.2, -0.15) is 0 Å². The number of nitroso groups, excluding NO2 is 1. The van der Waals surface area contributed by atoms with Crippen LogP contribution in [0.3, 0.4) is 0 Å². The highest BCUT2D eigenvalue weighted by Crippen LogP contribution is 2.18. The predicted octanol–water partition coefficient (Wildman–Crippen LogP) is 0.996. The molecule has 0 saturated carbocycles. The van der Waals surface area contributed by atoms with Crippen LogP contribution < -0.4 is 5.73 Å². The molecule has 0 radical (unpaired) electrons. The maximum absolute atomic E-state index is 10.7. The zero-order valence-electron chi connectivity index (χ0n) is 6.56. The first-order valence-corrected chi connectivity index (χ1v) is 3.41. The molecule has 0 spiro atoms. The van der Waals surface area contributed by atoms with Gasteiger partial charge in [-0.1, -0.05) is 0 Å². The van der Waals surface area contributed by atoms with Gasteiger partial charge in [-0.25, -0.2) is 0 Å². The number of carbonyl (C=O) groups excluding carboxylic acids is 2. The molecule has 5 heteroatoms. The highest BCUT2D eigenvalue weighted by Gasteiger charge is 2.06. The van der Waals surface area contributed by atoms with Gasteiger partial charge in [0.05, 0.1) is 0 Å². The number of amides is 1. The Balaban J connectivity index is 3.28. The number of benzene rings is 1. The van der Waals surface area contributed by atoms with E-state index in [1.165, 1.54) is 18.2 Å². The van der Waals surface area contributed by atoms with E-state index < -0.39 is 5.91 Å². The van der Waals surface area contributed by atoms with Gasteiger partial charge in [0.25, 0.3) is 0 Å². The van der Waals surface area contributed by atoms with E-state index in [0.29, 0.717) is 6.29 Å². The van der Waals surface area contributed by atoms with Gasteiger partial charge < -0.3 is 5.73 Å². The lowest BCUT2D eigenvalue weighted by Gasteiger charge is -1.97. The van der Waals surface area contributed by atoms with Crippen molar-refractivity contribution in [3.05, 3.63) is 34.2 Å². The minimum Gasteiger partial charge on any atom is -0.366 e. The molecule has 1 aromatic rings. The van der Waals surface area contributed by atoms with Crippen molar-refractivity contribution in [2.24, 2.45) is 10.9 Å². The summed E-state index contributed by atoms with van der Waals surface area (Å²) in [6.45, 7) is 0. The van der Waals surface area contributed by atoms with Crippen molar-refractivity contribution < 1.29 is 9.59 Å². The monoisotopic (exact) mass is 178 g/mol. The van der Waals surface area contributed by atoms with Crippen LogP contribution in [0.2, 0.25) is 0 Å². The van der Waals surface area contributed by atoms with E-state index in [-0.39, 0.29) is 16.8 Å². The summed E-state index contributed by atoms with van der Waals surface area (Å²) in [6, 6.07) is 3.86. The molecule has 0 aliphatic rings. The Morgan fingerprint density at radius 2 is 2.15 bits per heavy atom. The summed E-state index contributed by atoms with van der Waals surface area (Å²) in [7, 11) is 0. The van der Waals surface area contributed by atoms with E-state index in [9.17, 15) is 14.5 Å². The first-order valence-electron chi connectivity index (χ1n) is 3.41. The van der Waals surface area contributed by atoms with E-state index in [1.54, 1.807) is 0 Å². The largest absolute Gasteiger partial charge is 0.366 e. The van der Waals surface area contributed by atoms with Gasteiger partial charge in [0.15, 0.2) is 6.29 Å². The van der Waals surface area contributed by atoms with Gasteiger partial charge in [0.2, 0.25) is 5.91 Å². The first kappa shape index (κ1) is 9.05. The Hall–Kier alpha value is -2.04. The van der Waals surface area contributed by atoms with E-state index in [0.717, 1.165) is 0 Å². The Bertz CT molecular complexity index is 374. The maximum Gasteiger partial charge on any atom is 0.248 e. The van der Waals surface area contributed by atoms with Crippen LogP contribution in [0.15, 0.2) is 23.4 Å². The second-order valence-electron chi connectivity index (χ2n) is 2.35. The van der Waals surface area contributed by atoms with E-state index >= 15 is 0 Å². The molecule has 0 bridgehead atoms. The molecule has 0 saturated heterocycles. The van der Waals surface area contributed by atoms with Crippen LogP contribution in [0.1, 0.15) is 20.7 Å². The molecule has 1 amide bonds. The summed E-state index contributed by atoms with van der Waals surface area (Å²) in [4.78, 5) is 31.2. The molecule has 1 aromatic carbocycles. The Morgan fingerprint density at radius 3 is 2.62 bits per heavy atom. The standard InChI is InChI=1S/C8H6N2O3/c9-8(12)5-1-2-6(4-11)7(3-5)10-13/h1-4H,(H2,9,12). The zero-order valence-corrected chi connectivity index (χ0v) is 6.56. The molecular weight excluding hydrogens is 172 g/mol. The fraction of sp³-hybridized carbons (Fsp3) is 0. The average Bonchev–Trinajstić information content (AvgIpc) is 2.16. The van der Waals surface area contributed by atoms with Crippen molar-refractivity contribution >= 4 is 17.9 Å². The molecular formula is C8H6N2O3. The molecule has 66 valence electrons. The second kappa shape index (κ2) is 3.57. The Morgan fingerprint density at radius 1 is 1.46 bits per heavy atom. The number of nitrogens with two attached hydrogens (primary N) is 1. The molecule has 0 atom stereocenters. The molecule has 5 nitrogen and oxygen atoms in total. The van der Waals surface area contributed by atoms with E-state index in [1.807, 2.05) is 0 Å². The lowest BCUT2D eigenvalue weighted by atomic mass is 10.1. The third kappa shape index (κ3) is 1.76. The lowest BCUT2D eigenvalue weighted by molar-refractivity contribution is 0.0999. The molecule has 2 N–H and O–H groups in total. The summed E-state index contributed by atoms with van der Waals surface area (Å²) in [5.74, 6) is -0.664. The van der Waals surface area contributed by atoms with Crippen LogP contribution in [-0.2, 0) is 0 Å². The molecule has 0 aromatic heterocycles. The highest BCUT2D eigenvalue weighted by molar-refractivity contribution is 5.95. The van der Waals surface area contributed by atoms with E-state index in [4.69, 9.17) is 5.73 Å². The van der Waals surface area contributed by atoms with Gasteiger partial charge >= 0.3 is 0 Å². The van der Waals surface area contributed by atoms with Gasteiger partial charge in [0.1, 0.15) is 5.69 Å². The van der Waals surface area contributed by atoms with Gasteiger partial charge in [-0.15, -0.1) is 4.91 Å². The Labute approximate surface area is 73.5 Å². The summed E-state index contributed by atoms with van der Waals surface area (Å²) in [6.07, 6.45) is 0.488. The fourth-order valence-electron chi connectivity index (χ4n) is 0.876. The molecule has 1 rings (SSSR count).